The molecule has 8 atom stereocenters. The van der Waals surface area contributed by atoms with Gasteiger partial charge in [-0.3, -0.25) is 28.9 Å². The molecule has 39 heavy (non-hydrogen) atoms. The Hall–Kier alpha value is -3.21. The van der Waals surface area contributed by atoms with E-state index in [1.54, 1.807) is 0 Å². The van der Waals surface area contributed by atoms with Gasteiger partial charge in [-0.25, -0.2) is 0 Å². The Kier molecular flexibility index (Phi) is 6.57. The first-order valence-electron chi connectivity index (χ1n) is 11.5. The molecule has 0 radical (unpaired) electrons. The number of primary amides is 1. The number of nitrogens with zero attached hydrogens (tertiary/aromatic N) is 1. The summed E-state index contributed by atoms with van der Waals surface area (Å²) in [5, 5.41) is 23.0. The van der Waals surface area contributed by atoms with Gasteiger partial charge in [0.15, 0.2) is 40.4 Å². The first kappa shape index (κ1) is 28.8. The summed E-state index contributed by atoms with van der Waals surface area (Å²) < 4.78 is 66.5. The fourth-order valence-electron chi connectivity index (χ4n) is 6.17. The van der Waals surface area contributed by atoms with Crippen molar-refractivity contribution in [2.24, 2.45) is 29.4 Å². The van der Waals surface area contributed by atoms with E-state index in [-0.39, 0.29) is 5.56 Å². The van der Waals surface area contributed by atoms with E-state index in [2.05, 4.69) is 4.18 Å². The predicted octanol–water partition coefficient (Wildman–Crippen LogP) is -1.08. The number of nitrogens with two attached hydrogens (primary N) is 1. The minimum absolute atomic E-state index is 0.0710. The smallest absolute Gasteiger partial charge is 0.392 e. The van der Waals surface area contributed by atoms with E-state index >= 15 is 0 Å². The highest BCUT2D eigenvalue weighted by atomic mass is 32.2. The fraction of sp³-hybridized carbons (Fsp3) is 0.522. The van der Waals surface area contributed by atoms with Crippen LogP contribution in [0, 0.1) is 23.7 Å². The average molecular weight is 577 g/mol. The van der Waals surface area contributed by atoms with E-state index in [1.807, 2.05) is 0 Å². The third kappa shape index (κ3) is 3.83. The lowest BCUT2D eigenvalue weighted by Gasteiger charge is -2.56. The quantitative estimate of drug-likeness (QED) is 0.224. The topological polar surface area (TPSA) is 198 Å². The van der Waals surface area contributed by atoms with Crippen molar-refractivity contribution in [3.8, 4) is 5.75 Å². The summed E-state index contributed by atoms with van der Waals surface area (Å²) in [5.74, 6) is -16.7. The number of benzene rings is 1. The van der Waals surface area contributed by atoms with Crippen molar-refractivity contribution in [1.82, 2.24) is 4.90 Å². The van der Waals surface area contributed by atoms with Crippen LogP contribution in [-0.4, -0.2) is 89.9 Å². The van der Waals surface area contributed by atoms with Crippen LogP contribution in [0.15, 0.2) is 18.2 Å². The summed E-state index contributed by atoms with van der Waals surface area (Å²) in [4.78, 5) is 67.0. The molecule has 4 rings (SSSR count). The number of halogens is 3. The lowest BCUT2D eigenvalue weighted by molar-refractivity contribution is -0.196. The summed E-state index contributed by atoms with van der Waals surface area (Å²) >= 11 is 0. The molecule has 0 spiro atoms. The lowest BCUT2D eigenvalue weighted by Crippen LogP contribution is -2.77. The van der Waals surface area contributed by atoms with Crippen molar-refractivity contribution >= 4 is 39.2 Å². The minimum Gasteiger partial charge on any atom is -0.392 e. The Morgan fingerprint density at radius 2 is 1.72 bits per heavy atom. The van der Waals surface area contributed by atoms with Crippen molar-refractivity contribution in [1.29, 1.82) is 0 Å². The number of likely N-dealkylation sites (N-methyl/N-ethyl adjacent to an activating group) is 1. The van der Waals surface area contributed by atoms with Gasteiger partial charge in [-0.2, -0.15) is 21.6 Å². The van der Waals surface area contributed by atoms with Crippen molar-refractivity contribution < 1.29 is 60.0 Å². The Morgan fingerprint density at radius 1 is 1.13 bits per heavy atom. The minimum atomic E-state index is -6.24. The number of carbonyl (C=O) groups excluding carboxylic acids is 5. The predicted molar refractivity (Wildman–Crippen MR) is 121 cm³/mol. The van der Waals surface area contributed by atoms with Crippen LogP contribution >= 0.6 is 0 Å². The Labute approximate surface area is 219 Å². The maximum absolute atomic E-state index is 13.8. The molecule has 12 nitrogen and oxygen atoms in total. The summed E-state index contributed by atoms with van der Waals surface area (Å²) in [6.45, 7) is 1.38. The normalized spacial score (nSPS) is 34.8. The highest BCUT2D eigenvalue weighted by molar-refractivity contribution is 7.88. The van der Waals surface area contributed by atoms with Crippen molar-refractivity contribution in [3.63, 3.8) is 0 Å². The van der Waals surface area contributed by atoms with Crippen LogP contribution in [-0.2, 0) is 29.3 Å². The summed E-state index contributed by atoms with van der Waals surface area (Å²) in [6, 6.07) is 1.54. The molecule has 0 aromatic heterocycles. The van der Waals surface area contributed by atoms with Crippen LogP contribution in [0.1, 0.15) is 28.8 Å². The van der Waals surface area contributed by atoms with Crippen LogP contribution in [0.5, 0.6) is 5.75 Å². The van der Waals surface area contributed by atoms with Crippen LogP contribution in [0.4, 0.5) is 13.2 Å². The van der Waals surface area contributed by atoms with Gasteiger partial charge < -0.3 is 20.1 Å². The lowest BCUT2D eigenvalue weighted by atomic mass is 9.49. The highest BCUT2D eigenvalue weighted by Gasteiger charge is 2.73. The average Bonchev–Trinajstić information content (AvgIpc) is 2.80. The monoisotopic (exact) mass is 576 g/mol. The number of aliphatic hydroxyl groups is 2. The third-order valence-corrected chi connectivity index (χ3v) is 8.79. The second kappa shape index (κ2) is 8.90. The van der Waals surface area contributed by atoms with Gasteiger partial charge in [0.2, 0.25) is 5.91 Å². The van der Waals surface area contributed by atoms with E-state index < -0.39 is 103 Å². The molecule has 1 aromatic carbocycles. The molecule has 3 aliphatic rings. The molecule has 7 unspecified atom stereocenters. The number of Topliss-reactive ketones (excluding diaryl/α,β-unsaturated/α-hetero) is 4. The van der Waals surface area contributed by atoms with Crippen molar-refractivity contribution in [2.75, 3.05) is 14.1 Å². The molecule has 2 saturated carbocycles. The molecular formula is C23H23F3N2O10S. The maximum atomic E-state index is 13.8. The summed E-state index contributed by atoms with van der Waals surface area (Å²) in [5.41, 5.74) is -4.70. The number of alkyl halides is 3. The number of rotatable bonds is 4. The first-order valence-corrected chi connectivity index (χ1v) is 12.9. The second-order valence-electron chi connectivity index (χ2n) is 10.1. The maximum Gasteiger partial charge on any atom is 0.534 e. The van der Waals surface area contributed by atoms with Gasteiger partial charge in [-0.15, -0.1) is 0 Å². The second-order valence-corrected chi connectivity index (χ2v) is 11.6. The molecule has 0 aliphatic heterocycles. The van der Waals surface area contributed by atoms with Gasteiger partial charge in [0.1, 0.15) is 0 Å². The molecule has 0 saturated heterocycles. The molecule has 0 heterocycles. The number of aliphatic hydroxyl groups excluding tert-OH is 1. The van der Waals surface area contributed by atoms with E-state index in [0.29, 0.717) is 0 Å². The fourth-order valence-corrected chi connectivity index (χ4v) is 6.64. The van der Waals surface area contributed by atoms with Gasteiger partial charge >= 0.3 is 15.6 Å². The molecule has 0 bridgehead atoms. The van der Waals surface area contributed by atoms with Gasteiger partial charge in [0, 0.05) is 5.92 Å². The first-order chi connectivity index (χ1) is 17.8. The third-order valence-electron chi connectivity index (χ3n) is 7.82. The standard InChI is InChI=1S/C23H23F3N2O10S/c1-7-8-5-4-6-9(38-39(36,37)23(24,25)26)11(8)16(29)12-10(7)17(30)14-15(28(2)3)18(31)13(21(27)34)20(33)22(14,35)19(12)32/h4-7,10,12-15,17,30,35H,1-3H3,(H2,27,34)/t7?,10?,12?,13?,14?,15?,17?,22-/m0/s1. The molecule has 3 aliphatic carbocycles. The van der Waals surface area contributed by atoms with Crippen LogP contribution < -0.4 is 9.92 Å². The number of hydrogen-bond donors (Lipinski definition) is 3. The van der Waals surface area contributed by atoms with Gasteiger partial charge in [-0.1, -0.05) is 19.1 Å². The zero-order valence-electron chi connectivity index (χ0n) is 20.5. The molecular weight excluding hydrogens is 553 g/mol. The van der Waals surface area contributed by atoms with Crippen LogP contribution in [0.2, 0.25) is 0 Å². The van der Waals surface area contributed by atoms with E-state index in [1.165, 1.54) is 32.0 Å². The molecule has 4 N–H and O–H groups in total. The van der Waals surface area contributed by atoms with Gasteiger partial charge in [-0.05, 0) is 31.6 Å². The molecule has 2 fully saturated rings. The number of ketones is 4. The van der Waals surface area contributed by atoms with E-state index in [9.17, 15) is 55.8 Å². The Morgan fingerprint density at radius 3 is 2.23 bits per heavy atom. The summed E-state index contributed by atoms with van der Waals surface area (Å²) in [7, 11) is -3.58. The van der Waals surface area contributed by atoms with Crippen LogP contribution in [0.3, 0.4) is 0 Å². The number of hydrogen-bond acceptors (Lipinski definition) is 11. The van der Waals surface area contributed by atoms with Crippen LogP contribution in [0.25, 0.3) is 0 Å². The van der Waals surface area contributed by atoms with Gasteiger partial charge in [0.05, 0.1) is 29.5 Å². The zero-order valence-corrected chi connectivity index (χ0v) is 21.3. The van der Waals surface area contributed by atoms with E-state index in [0.717, 1.165) is 12.1 Å². The zero-order chi connectivity index (χ0) is 29.6. The van der Waals surface area contributed by atoms with Gasteiger partial charge in [0.25, 0.3) is 0 Å². The molecule has 16 heteroatoms. The molecule has 1 amide bonds. The highest BCUT2D eigenvalue weighted by Crippen LogP contribution is 2.54. The number of carbonyl (C=O) groups is 5. The number of fused-ring (bicyclic) bond motifs is 3. The molecule has 212 valence electrons. The molecule has 1 aromatic rings. The van der Waals surface area contributed by atoms with E-state index in [4.69, 9.17) is 5.73 Å². The van der Waals surface area contributed by atoms with Crippen molar-refractivity contribution in [2.45, 2.75) is 36.1 Å². The SMILES string of the molecule is CC1c2cccc(OS(=O)(=O)C(F)(F)F)c2C(=O)C2C(=O)[C@]3(O)C(=O)C(C(N)=O)C(=O)C(N(C)C)C3C(O)C21. The van der Waals surface area contributed by atoms with Crippen molar-refractivity contribution in [3.05, 3.63) is 29.3 Å². The largest absolute Gasteiger partial charge is 0.534 e. The Balaban J connectivity index is 1.93. The number of amides is 1. The Bertz CT molecular complexity index is 1430. The summed E-state index contributed by atoms with van der Waals surface area (Å²) in [6.07, 6.45) is -1.90.